The van der Waals surface area contributed by atoms with Crippen LogP contribution in [0.3, 0.4) is 0 Å². The largest absolute Gasteiger partial charge is 0.450 e. The van der Waals surface area contributed by atoms with E-state index < -0.39 is 0 Å². The third-order valence-corrected chi connectivity index (χ3v) is 4.88. The van der Waals surface area contributed by atoms with Gasteiger partial charge in [-0.1, -0.05) is 90.4 Å². The van der Waals surface area contributed by atoms with Crippen molar-refractivity contribution in [3.8, 4) is 0 Å². The van der Waals surface area contributed by atoms with E-state index in [1.54, 1.807) is 0 Å². The van der Waals surface area contributed by atoms with Crippen LogP contribution in [0.5, 0.6) is 0 Å². The van der Waals surface area contributed by atoms with E-state index in [1.807, 2.05) is 0 Å². The molecule has 0 rings (SSSR count). The number of nitrogens with one attached hydrogen (secondary N) is 1. The molecule has 5 N–H and O–H groups in total. The lowest BCUT2D eigenvalue weighted by atomic mass is 10.0. The molecule has 0 atom stereocenters. The molecular weight excluding hydrogens is 352 g/mol. The van der Waals surface area contributed by atoms with Gasteiger partial charge in [0, 0.05) is 13.1 Å². The van der Waals surface area contributed by atoms with E-state index >= 15 is 0 Å². The zero-order valence-electron chi connectivity index (χ0n) is 18.4. The number of hydrogen-bond donors (Lipinski definition) is 3. The monoisotopic (exact) mass is 398 g/mol. The Kier molecular flexibility index (Phi) is 20.7. The molecule has 0 heterocycles. The predicted octanol–water partition coefficient (Wildman–Crippen LogP) is 5.25. The fraction of sp³-hybridized carbons (Fsp3) is 0.909. The van der Waals surface area contributed by atoms with Crippen molar-refractivity contribution in [1.29, 1.82) is 0 Å². The summed E-state index contributed by atoms with van der Waals surface area (Å²) in [5.74, 6) is 0.112. The second-order valence-corrected chi connectivity index (χ2v) is 7.67. The summed E-state index contributed by atoms with van der Waals surface area (Å²) < 4.78 is 5.18. The van der Waals surface area contributed by atoms with Crippen LogP contribution in [0.4, 0.5) is 4.79 Å². The van der Waals surface area contributed by atoms with Crippen LogP contribution in [0.15, 0.2) is 4.99 Å². The Bertz CT molecular complexity index is 372. The van der Waals surface area contributed by atoms with E-state index in [0.717, 1.165) is 25.7 Å². The Balaban J connectivity index is 3.16. The third-order valence-electron chi connectivity index (χ3n) is 4.88. The number of unbranched alkanes of at least 4 members (excludes halogenated alkanes) is 14. The topological polar surface area (TPSA) is 103 Å². The second kappa shape index (κ2) is 21.8. The smallest absolute Gasteiger partial charge is 0.407 e. The normalized spacial score (nSPS) is 10.6. The van der Waals surface area contributed by atoms with E-state index in [-0.39, 0.29) is 12.1 Å². The minimum atomic E-state index is -0.323. The molecule has 0 saturated heterocycles. The highest BCUT2D eigenvalue weighted by molar-refractivity contribution is 5.75. The van der Waals surface area contributed by atoms with Gasteiger partial charge in [0.25, 0.3) is 0 Å². The van der Waals surface area contributed by atoms with Gasteiger partial charge in [-0.2, -0.15) is 0 Å². The third kappa shape index (κ3) is 22.6. The summed E-state index contributed by atoms with van der Waals surface area (Å²) in [6.45, 7) is 3.97. The van der Waals surface area contributed by atoms with Crippen molar-refractivity contribution < 1.29 is 9.53 Å². The summed E-state index contributed by atoms with van der Waals surface area (Å²) in [5.41, 5.74) is 10.5. The van der Waals surface area contributed by atoms with Gasteiger partial charge in [0.05, 0.1) is 6.61 Å². The van der Waals surface area contributed by atoms with Crippen molar-refractivity contribution in [2.24, 2.45) is 16.5 Å². The van der Waals surface area contributed by atoms with Crippen LogP contribution in [0.25, 0.3) is 0 Å². The van der Waals surface area contributed by atoms with Crippen molar-refractivity contribution in [3.05, 3.63) is 0 Å². The van der Waals surface area contributed by atoms with Gasteiger partial charge in [0.2, 0.25) is 0 Å². The van der Waals surface area contributed by atoms with Crippen LogP contribution in [0.2, 0.25) is 0 Å². The van der Waals surface area contributed by atoms with Crippen molar-refractivity contribution in [2.45, 2.75) is 110 Å². The molecule has 0 unspecified atom stereocenters. The molecule has 0 aliphatic carbocycles. The molecule has 0 radical (unpaired) electrons. The SMILES string of the molecule is CCCCCCCCCCCCCCCCOC(=O)NCCCCN=C(N)N. The molecule has 1 amide bonds. The maximum Gasteiger partial charge on any atom is 0.407 e. The number of aliphatic imine (C=N–C) groups is 1. The van der Waals surface area contributed by atoms with E-state index in [4.69, 9.17) is 16.2 Å². The highest BCUT2D eigenvalue weighted by Crippen LogP contribution is 2.12. The van der Waals surface area contributed by atoms with Crippen LogP contribution in [0.1, 0.15) is 110 Å². The molecule has 0 aliphatic rings. The minimum absolute atomic E-state index is 0.112. The van der Waals surface area contributed by atoms with Gasteiger partial charge in [0.15, 0.2) is 5.96 Å². The quantitative estimate of drug-likeness (QED) is 0.148. The first-order valence-electron chi connectivity index (χ1n) is 11.6. The Morgan fingerprint density at radius 3 is 1.75 bits per heavy atom. The number of guanidine groups is 1. The lowest BCUT2D eigenvalue weighted by Gasteiger charge is -2.07. The molecule has 166 valence electrons. The maximum absolute atomic E-state index is 11.5. The first kappa shape index (κ1) is 26.5. The predicted molar refractivity (Wildman–Crippen MR) is 120 cm³/mol. The molecule has 0 saturated carbocycles. The van der Waals surface area contributed by atoms with Gasteiger partial charge in [-0.25, -0.2) is 4.79 Å². The zero-order chi connectivity index (χ0) is 20.7. The summed E-state index contributed by atoms with van der Waals surface area (Å²) in [7, 11) is 0. The van der Waals surface area contributed by atoms with Crippen molar-refractivity contribution >= 4 is 12.1 Å². The first-order valence-corrected chi connectivity index (χ1v) is 11.6. The van der Waals surface area contributed by atoms with E-state index in [9.17, 15) is 4.79 Å². The summed E-state index contributed by atoms with van der Waals surface area (Å²) in [5, 5.41) is 2.75. The fourth-order valence-corrected chi connectivity index (χ4v) is 3.15. The number of hydrogen-bond acceptors (Lipinski definition) is 3. The lowest BCUT2D eigenvalue weighted by Crippen LogP contribution is -2.26. The number of carbonyl (C=O) groups is 1. The number of ether oxygens (including phenoxy) is 1. The van der Waals surface area contributed by atoms with Gasteiger partial charge < -0.3 is 21.5 Å². The number of alkyl carbamates (subject to hydrolysis) is 1. The highest BCUT2D eigenvalue weighted by atomic mass is 16.5. The van der Waals surface area contributed by atoms with Crippen molar-refractivity contribution in [3.63, 3.8) is 0 Å². The molecule has 0 aromatic heterocycles. The van der Waals surface area contributed by atoms with E-state index in [1.165, 1.54) is 77.0 Å². The standard InChI is InChI=1S/C22H46N4O2/c1-2-3-4-5-6-7-8-9-10-11-12-13-14-17-20-28-22(27)26-19-16-15-18-25-21(23)24/h2-20H2,1H3,(H,26,27)(H4,23,24,25). The average Bonchev–Trinajstić information content (AvgIpc) is 2.67. The van der Waals surface area contributed by atoms with Gasteiger partial charge in [-0.3, -0.25) is 4.99 Å². The molecule has 0 spiro atoms. The van der Waals surface area contributed by atoms with Crippen LogP contribution in [-0.4, -0.2) is 31.7 Å². The van der Waals surface area contributed by atoms with Crippen molar-refractivity contribution in [2.75, 3.05) is 19.7 Å². The van der Waals surface area contributed by atoms with Crippen LogP contribution in [-0.2, 0) is 4.74 Å². The van der Waals surface area contributed by atoms with Crippen molar-refractivity contribution in [1.82, 2.24) is 5.32 Å². The van der Waals surface area contributed by atoms with Gasteiger partial charge in [-0.05, 0) is 19.3 Å². The van der Waals surface area contributed by atoms with Crippen LogP contribution < -0.4 is 16.8 Å². The van der Waals surface area contributed by atoms with Gasteiger partial charge in [-0.15, -0.1) is 0 Å². The van der Waals surface area contributed by atoms with Gasteiger partial charge >= 0.3 is 6.09 Å². The molecular formula is C22H46N4O2. The van der Waals surface area contributed by atoms with E-state index in [0.29, 0.717) is 19.7 Å². The first-order chi connectivity index (χ1) is 13.7. The Labute approximate surface area is 173 Å². The molecule has 0 aliphatic heterocycles. The Morgan fingerprint density at radius 2 is 1.25 bits per heavy atom. The zero-order valence-corrected chi connectivity index (χ0v) is 18.4. The molecule has 0 aromatic carbocycles. The number of amides is 1. The summed E-state index contributed by atoms with van der Waals surface area (Å²) in [6.07, 6.45) is 19.9. The number of carbonyl (C=O) groups excluding carboxylic acids is 1. The number of rotatable bonds is 20. The number of nitrogens with two attached hydrogens (primary N) is 2. The van der Waals surface area contributed by atoms with Crippen LogP contribution in [0, 0.1) is 0 Å². The highest BCUT2D eigenvalue weighted by Gasteiger charge is 2.00. The lowest BCUT2D eigenvalue weighted by molar-refractivity contribution is 0.143. The van der Waals surface area contributed by atoms with Crippen LogP contribution >= 0.6 is 0 Å². The molecule has 6 heteroatoms. The summed E-state index contributed by atoms with van der Waals surface area (Å²) >= 11 is 0. The molecule has 0 bridgehead atoms. The second-order valence-electron chi connectivity index (χ2n) is 7.67. The molecule has 0 fully saturated rings. The fourth-order valence-electron chi connectivity index (χ4n) is 3.15. The number of nitrogens with zero attached hydrogens (tertiary/aromatic N) is 1. The summed E-state index contributed by atoms with van der Waals surface area (Å²) in [6, 6.07) is 0. The molecule has 0 aromatic rings. The summed E-state index contributed by atoms with van der Waals surface area (Å²) in [4.78, 5) is 15.4. The van der Waals surface area contributed by atoms with Gasteiger partial charge in [0.1, 0.15) is 0 Å². The minimum Gasteiger partial charge on any atom is -0.450 e. The maximum atomic E-state index is 11.5. The van der Waals surface area contributed by atoms with E-state index in [2.05, 4.69) is 17.2 Å². The molecule has 28 heavy (non-hydrogen) atoms. The Hall–Kier alpha value is -1.46. The molecule has 6 nitrogen and oxygen atoms in total. The average molecular weight is 399 g/mol. The Morgan fingerprint density at radius 1 is 0.750 bits per heavy atom.